The summed E-state index contributed by atoms with van der Waals surface area (Å²) < 4.78 is 14.8. The van der Waals surface area contributed by atoms with E-state index in [4.69, 9.17) is 11.6 Å². The van der Waals surface area contributed by atoms with E-state index >= 15 is 0 Å². The molecule has 0 unspecified atom stereocenters. The number of carbonyl (C=O) groups excluding carboxylic acids is 1. The predicted molar refractivity (Wildman–Crippen MR) is 95.7 cm³/mol. The van der Waals surface area contributed by atoms with Crippen molar-refractivity contribution < 1.29 is 9.18 Å². The second-order valence-corrected chi connectivity index (χ2v) is 6.68. The van der Waals surface area contributed by atoms with E-state index in [2.05, 4.69) is 17.6 Å². The number of nitrogens with one attached hydrogen (secondary N) is 2. The summed E-state index contributed by atoms with van der Waals surface area (Å²) in [5.41, 5.74) is 1.16. The molecule has 0 saturated carbocycles. The fraction of sp³-hybridized carbons (Fsp3) is 0.316. The zero-order valence-corrected chi connectivity index (χ0v) is 14.2. The quantitative estimate of drug-likeness (QED) is 0.860. The Morgan fingerprint density at radius 1 is 1.21 bits per heavy atom. The second-order valence-electron chi connectivity index (χ2n) is 6.27. The molecular weight excluding hydrogens is 327 g/mol. The molecule has 1 fully saturated rings. The topological polar surface area (TPSA) is 41.1 Å². The maximum Gasteiger partial charge on any atom is 0.241 e. The minimum absolute atomic E-state index is 0.178. The largest absolute Gasteiger partial charge is 0.322 e. The van der Waals surface area contributed by atoms with Crippen molar-refractivity contribution in [3.05, 3.63) is 53.3 Å². The van der Waals surface area contributed by atoms with Gasteiger partial charge >= 0.3 is 0 Å². The Labute approximate surface area is 146 Å². The molecule has 5 heteroatoms. The van der Waals surface area contributed by atoms with Crippen molar-refractivity contribution in [2.45, 2.75) is 25.8 Å². The van der Waals surface area contributed by atoms with Crippen LogP contribution in [0.15, 0.2) is 42.5 Å². The third kappa shape index (κ3) is 3.60. The van der Waals surface area contributed by atoms with Crippen LogP contribution in [-0.4, -0.2) is 18.5 Å². The van der Waals surface area contributed by atoms with Crippen LogP contribution in [-0.2, 0) is 4.79 Å². The summed E-state index contributed by atoms with van der Waals surface area (Å²) in [5.74, 6) is -0.180. The van der Waals surface area contributed by atoms with Crippen molar-refractivity contribution in [3.63, 3.8) is 0 Å². The Kier molecular flexibility index (Phi) is 5.17. The van der Waals surface area contributed by atoms with Crippen molar-refractivity contribution in [2.24, 2.45) is 5.92 Å². The number of benzene rings is 2. The van der Waals surface area contributed by atoms with Crippen molar-refractivity contribution in [1.29, 1.82) is 0 Å². The maximum absolute atomic E-state index is 14.8. The molecule has 0 bridgehead atoms. The summed E-state index contributed by atoms with van der Waals surface area (Å²) in [6, 6.07) is 11.7. The number of amides is 1. The zero-order chi connectivity index (χ0) is 17.1. The van der Waals surface area contributed by atoms with Crippen molar-refractivity contribution in [3.8, 4) is 11.1 Å². The lowest BCUT2D eigenvalue weighted by atomic mass is 9.94. The monoisotopic (exact) mass is 346 g/mol. The van der Waals surface area contributed by atoms with E-state index in [1.807, 2.05) is 0 Å². The molecule has 3 nitrogen and oxygen atoms in total. The molecule has 1 amide bonds. The summed E-state index contributed by atoms with van der Waals surface area (Å²) >= 11 is 6.16. The third-order valence-electron chi connectivity index (χ3n) is 4.40. The second kappa shape index (κ2) is 7.32. The lowest BCUT2D eigenvalue weighted by Gasteiger charge is -2.27. The van der Waals surface area contributed by atoms with Gasteiger partial charge in [0.1, 0.15) is 0 Å². The smallest absolute Gasteiger partial charge is 0.241 e. The molecule has 0 radical (unpaired) electrons. The SMILES string of the molecule is C[C@H]1CCN[C@H](C(=O)Nc2cccc(-c3ccccc3Cl)c2F)C1. The fourth-order valence-electron chi connectivity index (χ4n) is 3.04. The van der Waals surface area contributed by atoms with Gasteiger partial charge in [-0.15, -0.1) is 0 Å². The van der Waals surface area contributed by atoms with Gasteiger partial charge in [-0.05, 0) is 37.4 Å². The predicted octanol–water partition coefficient (Wildman–Crippen LogP) is 4.47. The molecule has 1 aliphatic heterocycles. The molecule has 24 heavy (non-hydrogen) atoms. The highest BCUT2D eigenvalue weighted by Gasteiger charge is 2.25. The first kappa shape index (κ1) is 16.9. The van der Waals surface area contributed by atoms with Crippen LogP contribution in [0.3, 0.4) is 0 Å². The number of rotatable bonds is 3. The van der Waals surface area contributed by atoms with Crippen LogP contribution in [0, 0.1) is 11.7 Å². The molecule has 2 N–H and O–H groups in total. The Morgan fingerprint density at radius 3 is 2.71 bits per heavy atom. The minimum atomic E-state index is -0.470. The van der Waals surface area contributed by atoms with Crippen LogP contribution in [0.4, 0.5) is 10.1 Å². The number of hydrogen-bond donors (Lipinski definition) is 2. The van der Waals surface area contributed by atoms with Crippen LogP contribution >= 0.6 is 11.6 Å². The Morgan fingerprint density at radius 2 is 1.96 bits per heavy atom. The van der Waals surface area contributed by atoms with Crippen molar-refractivity contribution in [2.75, 3.05) is 11.9 Å². The van der Waals surface area contributed by atoms with Crippen molar-refractivity contribution in [1.82, 2.24) is 5.32 Å². The van der Waals surface area contributed by atoms with Gasteiger partial charge in [-0.1, -0.05) is 48.9 Å². The zero-order valence-electron chi connectivity index (χ0n) is 13.5. The van der Waals surface area contributed by atoms with Gasteiger partial charge in [0, 0.05) is 16.1 Å². The Balaban J connectivity index is 1.83. The number of halogens is 2. The molecule has 2 atom stereocenters. The summed E-state index contributed by atoms with van der Waals surface area (Å²) in [4.78, 5) is 12.4. The lowest BCUT2D eigenvalue weighted by molar-refractivity contribution is -0.119. The highest BCUT2D eigenvalue weighted by molar-refractivity contribution is 6.33. The summed E-state index contributed by atoms with van der Waals surface area (Å²) in [6.45, 7) is 2.93. The summed E-state index contributed by atoms with van der Waals surface area (Å²) in [5, 5.41) is 6.37. The summed E-state index contributed by atoms with van der Waals surface area (Å²) in [7, 11) is 0. The highest BCUT2D eigenvalue weighted by atomic mass is 35.5. The van der Waals surface area contributed by atoms with Crippen LogP contribution < -0.4 is 10.6 Å². The third-order valence-corrected chi connectivity index (χ3v) is 4.73. The first-order valence-corrected chi connectivity index (χ1v) is 8.51. The molecule has 0 aliphatic carbocycles. The Hall–Kier alpha value is -1.91. The maximum atomic E-state index is 14.8. The molecule has 1 saturated heterocycles. The molecule has 1 heterocycles. The Bertz CT molecular complexity index is 750. The van der Waals surface area contributed by atoms with Gasteiger partial charge in [0.25, 0.3) is 0 Å². The highest BCUT2D eigenvalue weighted by Crippen LogP contribution is 2.32. The van der Waals surface area contributed by atoms with Crippen molar-refractivity contribution >= 4 is 23.2 Å². The first-order chi connectivity index (χ1) is 11.6. The van der Waals surface area contributed by atoms with E-state index < -0.39 is 5.82 Å². The van der Waals surface area contributed by atoms with E-state index in [0.29, 0.717) is 22.1 Å². The fourth-order valence-corrected chi connectivity index (χ4v) is 3.28. The summed E-state index contributed by atoms with van der Waals surface area (Å²) in [6.07, 6.45) is 1.82. The molecule has 0 spiro atoms. The normalized spacial score (nSPS) is 20.6. The number of anilines is 1. The standard InChI is InChI=1S/C19H20ClFN2O/c1-12-9-10-22-17(11-12)19(24)23-16-8-4-6-14(18(16)21)13-5-2-3-7-15(13)20/h2-8,12,17,22H,9-11H2,1H3,(H,23,24)/t12-,17-/m0/s1. The lowest BCUT2D eigenvalue weighted by Crippen LogP contribution is -2.45. The van der Waals surface area contributed by atoms with Gasteiger partial charge in [0.2, 0.25) is 5.91 Å². The van der Waals surface area contributed by atoms with Gasteiger partial charge in [0.05, 0.1) is 11.7 Å². The van der Waals surface area contributed by atoms with Gasteiger partial charge in [-0.25, -0.2) is 4.39 Å². The van der Waals surface area contributed by atoms with E-state index in [-0.39, 0.29) is 17.6 Å². The molecule has 3 rings (SSSR count). The first-order valence-electron chi connectivity index (χ1n) is 8.14. The minimum Gasteiger partial charge on any atom is -0.322 e. The molecule has 126 valence electrons. The number of piperidine rings is 1. The van der Waals surface area contributed by atoms with Gasteiger partial charge in [-0.2, -0.15) is 0 Å². The van der Waals surface area contributed by atoms with Gasteiger partial charge in [0.15, 0.2) is 5.82 Å². The number of hydrogen-bond acceptors (Lipinski definition) is 2. The number of carbonyl (C=O) groups is 1. The van der Waals surface area contributed by atoms with E-state index in [1.54, 1.807) is 42.5 Å². The van der Waals surface area contributed by atoms with Crippen LogP contribution in [0.2, 0.25) is 5.02 Å². The van der Waals surface area contributed by atoms with Crippen LogP contribution in [0.1, 0.15) is 19.8 Å². The molecule has 1 aliphatic rings. The van der Waals surface area contributed by atoms with Crippen LogP contribution in [0.5, 0.6) is 0 Å². The molecule has 2 aromatic carbocycles. The molecular formula is C19H20ClFN2O. The average molecular weight is 347 g/mol. The molecule has 2 aromatic rings. The van der Waals surface area contributed by atoms with Crippen LogP contribution in [0.25, 0.3) is 11.1 Å². The average Bonchev–Trinajstić information content (AvgIpc) is 2.57. The van der Waals surface area contributed by atoms with Gasteiger partial charge in [-0.3, -0.25) is 4.79 Å². The van der Waals surface area contributed by atoms with E-state index in [1.165, 1.54) is 0 Å². The van der Waals surface area contributed by atoms with Gasteiger partial charge < -0.3 is 10.6 Å². The van der Waals surface area contributed by atoms with E-state index in [0.717, 1.165) is 19.4 Å². The molecule has 0 aromatic heterocycles. The van der Waals surface area contributed by atoms with E-state index in [9.17, 15) is 9.18 Å².